The van der Waals surface area contributed by atoms with Crippen molar-refractivity contribution in [2.45, 2.75) is 32.9 Å². The second kappa shape index (κ2) is 5.14. The third kappa shape index (κ3) is 3.53. The molecule has 0 amide bonds. The Balaban J connectivity index is 2.86. The molecule has 1 unspecified atom stereocenters. The van der Waals surface area contributed by atoms with E-state index in [9.17, 15) is 0 Å². The van der Waals surface area contributed by atoms with Gasteiger partial charge in [0, 0.05) is 11.6 Å². The Labute approximate surface area is 90.9 Å². The zero-order valence-corrected chi connectivity index (χ0v) is 9.53. The van der Waals surface area contributed by atoms with Gasteiger partial charge in [-0.05, 0) is 26.8 Å². The van der Waals surface area contributed by atoms with Crippen molar-refractivity contribution in [1.82, 2.24) is 0 Å². The SMILES string of the molecule is Cc1ccc(OCC(C)O)c([C@H](C)N)c1. The Bertz CT molecular complexity index is 321. The minimum absolute atomic E-state index is 0.0612. The molecule has 3 heteroatoms. The van der Waals surface area contributed by atoms with Gasteiger partial charge in [-0.25, -0.2) is 0 Å². The average molecular weight is 209 g/mol. The summed E-state index contributed by atoms with van der Waals surface area (Å²) in [5, 5.41) is 9.14. The Morgan fingerprint density at radius 1 is 1.40 bits per heavy atom. The third-order valence-corrected chi connectivity index (χ3v) is 2.14. The van der Waals surface area contributed by atoms with Gasteiger partial charge in [-0.2, -0.15) is 0 Å². The number of aliphatic hydroxyl groups is 1. The van der Waals surface area contributed by atoms with E-state index in [1.807, 2.05) is 32.0 Å². The van der Waals surface area contributed by atoms with Gasteiger partial charge in [0.2, 0.25) is 0 Å². The van der Waals surface area contributed by atoms with Gasteiger partial charge in [0.1, 0.15) is 12.4 Å². The molecule has 0 heterocycles. The van der Waals surface area contributed by atoms with Crippen LogP contribution >= 0.6 is 0 Å². The van der Waals surface area contributed by atoms with Crippen LogP contribution in [0.1, 0.15) is 31.0 Å². The number of aliphatic hydroxyl groups excluding tert-OH is 1. The molecule has 3 N–H and O–H groups in total. The molecule has 0 spiro atoms. The summed E-state index contributed by atoms with van der Waals surface area (Å²) in [4.78, 5) is 0. The van der Waals surface area contributed by atoms with E-state index in [0.29, 0.717) is 6.61 Å². The van der Waals surface area contributed by atoms with Crippen molar-refractivity contribution in [1.29, 1.82) is 0 Å². The molecule has 84 valence electrons. The predicted octanol–water partition coefficient (Wildman–Crippen LogP) is 1.77. The molecule has 1 rings (SSSR count). The smallest absolute Gasteiger partial charge is 0.124 e. The summed E-state index contributed by atoms with van der Waals surface area (Å²) < 4.78 is 5.48. The number of rotatable bonds is 4. The highest BCUT2D eigenvalue weighted by atomic mass is 16.5. The quantitative estimate of drug-likeness (QED) is 0.794. The molecule has 1 aromatic carbocycles. The van der Waals surface area contributed by atoms with Crippen molar-refractivity contribution in [3.63, 3.8) is 0 Å². The van der Waals surface area contributed by atoms with Crippen molar-refractivity contribution in [2.75, 3.05) is 6.61 Å². The maximum atomic E-state index is 9.14. The maximum Gasteiger partial charge on any atom is 0.124 e. The van der Waals surface area contributed by atoms with Crippen LogP contribution in [0, 0.1) is 6.92 Å². The second-order valence-corrected chi connectivity index (χ2v) is 3.99. The van der Waals surface area contributed by atoms with Crippen LogP contribution in [0.15, 0.2) is 18.2 Å². The molecule has 3 nitrogen and oxygen atoms in total. The zero-order valence-electron chi connectivity index (χ0n) is 9.53. The summed E-state index contributed by atoms with van der Waals surface area (Å²) in [6.45, 7) is 5.93. The summed E-state index contributed by atoms with van der Waals surface area (Å²) in [5.74, 6) is 0.761. The van der Waals surface area contributed by atoms with Gasteiger partial charge < -0.3 is 15.6 Å². The normalized spacial score (nSPS) is 14.7. The first-order valence-corrected chi connectivity index (χ1v) is 5.17. The predicted molar refractivity (Wildman–Crippen MR) is 61.0 cm³/mol. The molecule has 0 aromatic heterocycles. The van der Waals surface area contributed by atoms with Gasteiger partial charge in [-0.3, -0.25) is 0 Å². The fourth-order valence-electron chi connectivity index (χ4n) is 1.37. The van der Waals surface area contributed by atoms with Crippen molar-refractivity contribution in [2.24, 2.45) is 5.73 Å². The van der Waals surface area contributed by atoms with Gasteiger partial charge in [-0.15, -0.1) is 0 Å². The van der Waals surface area contributed by atoms with Gasteiger partial charge >= 0.3 is 0 Å². The van der Waals surface area contributed by atoms with Gasteiger partial charge in [0.05, 0.1) is 6.10 Å². The highest BCUT2D eigenvalue weighted by molar-refractivity contribution is 5.38. The van der Waals surface area contributed by atoms with Crippen LogP contribution in [0.2, 0.25) is 0 Å². The summed E-state index contributed by atoms with van der Waals surface area (Å²) >= 11 is 0. The van der Waals surface area contributed by atoms with E-state index in [0.717, 1.165) is 16.9 Å². The van der Waals surface area contributed by atoms with Crippen LogP contribution in [-0.4, -0.2) is 17.8 Å². The summed E-state index contributed by atoms with van der Waals surface area (Å²) in [7, 11) is 0. The molecular formula is C12H19NO2. The summed E-state index contributed by atoms with van der Waals surface area (Å²) in [6, 6.07) is 5.83. The highest BCUT2D eigenvalue weighted by Gasteiger charge is 2.09. The lowest BCUT2D eigenvalue weighted by atomic mass is 10.1. The van der Waals surface area contributed by atoms with E-state index < -0.39 is 6.10 Å². The van der Waals surface area contributed by atoms with E-state index in [1.54, 1.807) is 6.92 Å². The van der Waals surface area contributed by atoms with Gasteiger partial charge in [0.25, 0.3) is 0 Å². The minimum atomic E-state index is -0.466. The average Bonchev–Trinajstić information content (AvgIpc) is 2.15. The van der Waals surface area contributed by atoms with Crippen LogP contribution < -0.4 is 10.5 Å². The zero-order chi connectivity index (χ0) is 11.4. The van der Waals surface area contributed by atoms with Crippen molar-refractivity contribution < 1.29 is 9.84 Å². The Kier molecular flexibility index (Phi) is 4.12. The van der Waals surface area contributed by atoms with Crippen molar-refractivity contribution >= 4 is 0 Å². The van der Waals surface area contributed by atoms with E-state index in [-0.39, 0.29) is 6.04 Å². The lowest BCUT2D eigenvalue weighted by molar-refractivity contribution is 0.122. The fourth-order valence-corrected chi connectivity index (χ4v) is 1.37. The molecule has 0 saturated heterocycles. The Hall–Kier alpha value is -1.06. The molecule has 0 fully saturated rings. The molecule has 15 heavy (non-hydrogen) atoms. The number of nitrogens with two attached hydrogens (primary N) is 1. The molecule has 0 bridgehead atoms. The fraction of sp³-hybridized carbons (Fsp3) is 0.500. The first-order valence-electron chi connectivity index (χ1n) is 5.17. The van der Waals surface area contributed by atoms with Crippen LogP contribution in [0.3, 0.4) is 0 Å². The summed E-state index contributed by atoms with van der Waals surface area (Å²) in [6.07, 6.45) is -0.466. The van der Waals surface area contributed by atoms with Crippen LogP contribution in [0.5, 0.6) is 5.75 Å². The molecule has 0 aliphatic rings. The second-order valence-electron chi connectivity index (χ2n) is 3.99. The maximum absolute atomic E-state index is 9.14. The number of aryl methyl sites for hydroxylation is 1. The van der Waals surface area contributed by atoms with E-state index in [1.165, 1.54) is 0 Å². The van der Waals surface area contributed by atoms with Gasteiger partial charge in [-0.1, -0.05) is 17.7 Å². The van der Waals surface area contributed by atoms with Crippen LogP contribution in [-0.2, 0) is 0 Å². The Morgan fingerprint density at radius 2 is 2.07 bits per heavy atom. The lowest BCUT2D eigenvalue weighted by Crippen LogP contribution is -2.15. The molecule has 0 radical (unpaired) electrons. The monoisotopic (exact) mass is 209 g/mol. The molecular weight excluding hydrogens is 190 g/mol. The van der Waals surface area contributed by atoms with Crippen LogP contribution in [0.4, 0.5) is 0 Å². The number of ether oxygens (including phenoxy) is 1. The third-order valence-electron chi connectivity index (χ3n) is 2.14. The van der Waals surface area contributed by atoms with Crippen molar-refractivity contribution in [3.05, 3.63) is 29.3 Å². The number of hydrogen-bond donors (Lipinski definition) is 2. The highest BCUT2D eigenvalue weighted by Crippen LogP contribution is 2.25. The Morgan fingerprint density at radius 3 is 2.60 bits per heavy atom. The topological polar surface area (TPSA) is 55.5 Å². The van der Waals surface area contributed by atoms with Gasteiger partial charge in [0.15, 0.2) is 0 Å². The van der Waals surface area contributed by atoms with Crippen molar-refractivity contribution in [3.8, 4) is 5.75 Å². The molecule has 0 aliphatic heterocycles. The number of hydrogen-bond acceptors (Lipinski definition) is 3. The lowest BCUT2D eigenvalue weighted by Gasteiger charge is -2.15. The van der Waals surface area contributed by atoms with Crippen LogP contribution in [0.25, 0.3) is 0 Å². The number of benzene rings is 1. The molecule has 0 aliphatic carbocycles. The minimum Gasteiger partial charge on any atom is -0.491 e. The largest absolute Gasteiger partial charge is 0.491 e. The standard InChI is InChI=1S/C12H19NO2/c1-8-4-5-12(15-7-9(2)14)11(6-8)10(3)13/h4-6,9-10,14H,7,13H2,1-3H3/t9?,10-/m0/s1. The molecule has 0 saturated carbocycles. The molecule has 1 aromatic rings. The van der Waals surface area contributed by atoms with E-state index in [4.69, 9.17) is 15.6 Å². The molecule has 2 atom stereocenters. The van der Waals surface area contributed by atoms with E-state index in [2.05, 4.69) is 0 Å². The van der Waals surface area contributed by atoms with E-state index >= 15 is 0 Å². The first kappa shape index (κ1) is 12.0. The summed E-state index contributed by atoms with van der Waals surface area (Å²) in [5.41, 5.74) is 7.99. The first-order chi connectivity index (χ1) is 7.00.